The summed E-state index contributed by atoms with van der Waals surface area (Å²) in [7, 11) is 4.68. The topological polar surface area (TPSA) is 77.1 Å². The molecule has 26 heavy (non-hydrogen) atoms. The van der Waals surface area contributed by atoms with Gasteiger partial charge in [-0.15, -0.1) is 0 Å². The summed E-state index contributed by atoms with van der Waals surface area (Å²) in [4.78, 5) is 27.3. The molecule has 0 spiro atoms. The van der Waals surface area contributed by atoms with E-state index in [2.05, 4.69) is 5.32 Å². The number of amides is 2. The van der Waals surface area contributed by atoms with E-state index < -0.39 is 6.04 Å². The van der Waals surface area contributed by atoms with Crippen LogP contribution in [0.4, 0.5) is 0 Å². The van der Waals surface area contributed by atoms with Crippen molar-refractivity contribution in [3.63, 3.8) is 0 Å². The number of hydrogen-bond acceptors (Lipinski definition) is 5. The lowest BCUT2D eigenvalue weighted by Gasteiger charge is -2.29. The molecule has 0 bridgehead atoms. The van der Waals surface area contributed by atoms with Crippen molar-refractivity contribution < 1.29 is 23.8 Å². The molecule has 0 saturated heterocycles. The van der Waals surface area contributed by atoms with Gasteiger partial charge in [0.25, 0.3) is 5.91 Å². The van der Waals surface area contributed by atoms with Crippen molar-refractivity contribution in [2.45, 2.75) is 19.9 Å². The van der Waals surface area contributed by atoms with Crippen molar-refractivity contribution in [1.29, 1.82) is 0 Å². The van der Waals surface area contributed by atoms with E-state index in [1.54, 1.807) is 43.4 Å². The van der Waals surface area contributed by atoms with E-state index in [9.17, 15) is 9.59 Å². The van der Waals surface area contributed by atoms with E-state index in [4.69, 9.17) is 14.2 Å². The van der Waals surface area contributed by atoms with Crippen LogP contribution in [0.15, 0.2) is 24.3 Å². The van der Waals surface area contributed by atoms with Gasteiger partial charge in [-0.1, -0.05) is 26.0 Å². The summed E-state index contributed by atoms with van der Waals surface area (Å²) in [6, 6.07) is 6.28. The molecule has 0 fully saturated rings. The number of nitrogens with one attached hydrogen (secondary N) is 1. The van der Waals surface area contributed by atoms with Crippen LogP contribution >= 0.6 is 0 Å². The van der Waals surface area contributed by atoms with Crippen LogP contribution in [0.2, 0.25) is 0 Å². The van der Waals surface area contributed by atoms with Crippen LogP contribution in [-0.4, -0.2) is 70.4 Å². The van der Waals surface area contributed by atoms with Gasteiger partial charge in [-0.25, -0.2) is 0 Å². The Morgan fingerprint density at radius 1 is 1.04 bits per heavy atom. The molecule has 1 aromatic carbocycles. The second kappa shape index (κ2) is 11.5. The number of methoxy groups -OCH3 is 3. The van der Waals surface area contributed by atoms with E-state index in [1.165, 1.54) is 7.11 Å². The summed E-state index contributed by atoms with van der Waals surface area (Å²) in [5.74, 6) is -0.102. The first-order valence-corrected chi connectivity index (χ1v) is 8.66. The van der Waals surface area contributed by atoms with E-state index in [0.717, 1.165) is 0 Å². The second-order valence-corrected chi connectivity index (χ2v) is 6.21. The molecule has 0 aliphatic heterocycles. The van der Waals surface area contributed by atoms with Crippen LogP contribution < -0.4 is 10.1 Å². The zero-order valence-corrected chi connectivity index (χ0v) is 16.3. The maximum absolute atomic E-state index is 13.0. The zero-order chi connectivity index (χ0) is 19.5. The largest absolute Gasteiger partial charge is 0.496 e. The number of rotatable bonds is 11. The smallest absolute Gasteiger partial charge is 0.255 e. The van der Waals surface area contributed by atoms with Crippen molar-refractivity contribution >= 4 is 11.8 Å². The molecule has 0 aliphatic rings. The normalized spacial score (nSPS) is 11.9. The third kappa shape index (κ3) is 6.31. The maximum atomic E-state index is 13.0. The highest BCUT2D eigenvalue weighted by Crippen LogP contribution is 2.18. The Bertz CT molecular complexity index is 569. The molecule has 1 rings (SSSR count). The molecule has 1 atom stereocenters. The van der Waals surface area contributed by atoms with Gasteiger partial charge in [-0.05, 0) is 18.1 Å². The number of benzene rings is 1. The van der Waals surface area contributed by atoms with Gasteiger partial charge in [-0.3, -0.25) is 9.59 Å². The lowest BCUT2D eigenvalue weighted by molar-refractivity contribution is -0.135. The highest BCUT2D eigenvalue weighted by Gasteiger charge is 2.29. The van der Waals surface area contributed by atoms with Gasteiger partial charge in [0.05, 0.1) is 25.9 Å². The van der Waals surface area contributed by atoms with Crippen LogP contribution in [0.25, 0.3) is 0 Å². The summed E-state index contributed by atoms with van der Waals surface area (Å²) >= 11 is 0. The third-order valence-corrected chi connectivity index (χ3v) is 4.01. The minimum Gasteiger partial charge on any atom is -0.496 e. The molecule has 1 aromatic rings. The van der Waals surface area contributed by atoms with Crippen molar-refractivity contribution in [2.75, 3.05) is 47.6 Å². The fraction of sp³-hybridized carbons (Fsp3) is 0.579. The average Bonchev–Trinajstić information content (AvgIpc) is 2.65. The summed E-state index contributed by atoms with van der Waals surface area (Å²) in [6.45, 7) is 5.51. The molecule has 0 aliphatic carbocycles. The Balaban J connectivity index is 2.94. The monoisotopic (exact) mass is 366 g/mol. The van der Waals surface area contributed by atoms with Crippen LogP contribution in [-0.2, 0) is 14.3 Å². The Hall–Kier alpha value is -2.12. The molecule has 1 N–H and O–H groups in total. The second-order valence-electron chi connectivity index (χ2n) is 6.21. The van der Waals surface area contributed by atoms with Gasteiger partial charge in [-0.2, -0.15) is 0 Å². The standard InChI is InChI=1S/C19H30N2O5/c1-14(2)17(19(23)21(10-12-24-3)11-13-25-4)20-18(22)15-8-6-7-9-16(15)26-5/h6-9,14,17H,10-13H2,1-5H3,(H,20,22)/t17-/m0/s1. The average molecular weight is 366 g/mol. The van der Waals surface area contributed by atoms with Gasteiger partial charge in [0.2, 0.25) is 5.91 Å². The van der Waals surface area contributed by atoms with Gasteiger partial charge < -0.3 is 24.4 Å². The summed E-state index contributed by atoms with van der Waals surface area (Å²) < 4.78 is 15.4. The number of hydrogen-bond donors (Lipinski definition) is 1. The third-order valence-electron chi connectivity index (χ3n) is 4.01. The number of carbonyl (C=O) groups is 2. The van der Waals surface area contributed by atoms with Gasteiger partial charge >= 0.3 is 0 Å². The lowest BCUT2D eigenvalue weighted by Crippen LogP contribution is -2.52. The number of para-hydroxylation sites is 1. The van der Waals surface area contributed by atoms with E-state index in [-0.39, 0.29) is 17.7 Å². The first kappa shape index (κ1) is 21.9. The van der Waals surface area contributed by atoms with Crippen LogP contribution in [0, 0.1) is 5.92 Å². The molecule has 7 heteroatoms. The summed E-state index contributed by atoms with van der Waals surface area (Å²) in [6.07, 6.45) is 0. The van der Waals surface area contributed by atoms with Crippen LogP contribution in [0.1, 0.15) is 24.2 Å². The molecular formula is C19H30N2O5. The van der Waals surface area contributed by atoms with E-state index >= 15 is 0 Å². The fourth-order valence-corrected chi connectivity index (χ4v) is 2.50. The molecule has 0 unspecified atom stereocenters. The highest BCUT2D eigenvalue weighted by atomic mass is 16.5. The van der Waals surface area contributed by atoms with Gasteiger partial charge in [0.1, 0.15) is 11.8 Å². The molecule has 146 valence electrons. The molecule has 7 nitrogen and oxygen atoms in total. The molecule has 0 saturated carbocycles. The van der Waals surface area contributed by atoms with Crippen molar-refractivity contribution in [3.05, 3.63) is 29.8 Å². The van der Waals surface area contributed by atoms with Crippen LogP contribution in [0.3, 0.4) is 0 Å². The fourth-order valence-electron chi connectivity index (χ4n) is 2.50. The SMILES string of the molecule is COCCN(CCOC)C(=O)[C@@H](NC(=O)c1ccccc1OC)C(C)C. The first-order chi connectivity index (χ1) is 12.5. The zero-order valence-electron chi connectivity index (χ0n) is 16.3. The molecule has 0 aromatic heterocycles. The predicted molar refractivity (Wildman–Crippen MR) is 99.4 cm³/mol. The lowest BCUT2D eigenvalue weighted by atomic mass is 10.0. The molecule has 0 heterocycles. The number of ether oxygens (including phenoxy) is 3. The van der Waals surface area contributed by atoms with Crippen molar-refractivity contribution in [1.82, 2.24) is 10.2 Å². The maximum Gasteiger partial charge on any atom is 0.255 e. The minimum absolute atomic E-state index is 0.0752. The van der Waals surface area contributed by atoms with Gasteiger partial charge in [0, 0.05) is 27.3 Å². The number of carbonyl (C=O) groups excluding carboxylic acids is 2. The number of nitrogens with zero attached hydrogens (tertiary/aromatic N) is 1. The highest BCUT2D eigenvalue weighted by molar-refractivity contribution is 5.99. The Kier molecular flexibility index (Phi) is 9.69. The minimum atomic E-state index is -0.652. The van der Waals surface area contributed by atoms with Crippen molar-refractivity contribution in [3.8, 4) is 5.75 Å². The first-order valence-electron chi connectivity index (χ1n) is 8.66. The summed E-state index contributed by atoms with van der Waals surface area (Å²) in [5, 5.41) is 2.85. The molecule has 2 amide bonds. The van der Waals surface area contributed by atoms with Crippen molar-refractivity contribution in [2.24, 2.45) is 5.92 Å². The Morgan fingerprint density at radius 2 is 1.62 bits per heavy atom. The van der Waals surface area contributed by atoms with E-state index in [1.807, 2.05) is 13.8 Å². The predicted octanol–water partition coefficient (Wildman–Crippen LogP) is 1.57. The van der Waals surface area contributed by atoms with Gasteiger partial charge in [0.15, 0.2) is 0 Å². The summed E-state index contributed by atoms with van der Waals surface area (Å²) in [5.41, 5.74) is 0.397. The Labute approximate surface area is 155 Å². The van der Waals surface area contributed by atoms with Crippen LogP contribution in [0.5, 0.6) is 5.75 Å². The quantitative estimate of drug-likeness (QED) is 0.643. The Morgan fingerprint density at radius 3 is 2.12 bits per heavy atom. The van der Waals surface area contributed by atoms with E-state index in [0.29, 0.717) is 37.6 Å². The molecule has 0 radical (unpaired) electrons. The molecular weight excluding hydrogens is 336 g/mol.